The van der Waals surface area contributed by atoms with Crippen LogP contribution in [-0.4, -0.2) is 28.7 Å². The first-order valence-corrected chi connectivity index (χ1v) is 6.77. The molecule has 0 aliphatic rings. The normalized spacial score (nSPS) is 11.9. The first-order valence-electron chi connectivity index (χ1n) is 6.77. The van der Waals surface area contributed by atoms with Crippen LogP contribution in [0.25, 0.3) is 0 Å². The third-order valence-corrected chi connectivity index (χ3v) is 3.35. The molecule has 2 aromatic rings. The Morgan fingerprint density at radius 1 is 1.32 bits per heavy atom. The number of hydrogen-bond acceptors (Lipinski definition) is 4. The molecule has 1 heterocycles. The summed E-state index contributed by atoms with van der Waals surface area (Å²) in [7, 11) is 3.06. The van der Waals surface area contributed by atoms with E-state index in [9.17, 15) is 14.7 Å². The molecule has 0 bridgehead atoms. The fourth-order valence-corrected chi connectivity index (χ4v) is 2.25. The highest BCUT2D eigenvalue weighted by atomic mass is 16.5. The van der Waals surface area contributed by atoms with E-state index in [-0.39, 0.29) is 0 Å². The van der Waals surface area contributed by atoms with Crippen LogP contribution in [0.4, 0.5) is 0 Å². The van der Waals surface area contributed by atoms with E-state index >= 15 is 0 Å². The van der Waals surface area contributed by atoms with Crippen LogP contribution in [0.3, 0.4) is 0 Å². The number of carbonyl (C=O) groups is 2. The van der Waals surface area contributed by atoms with Crippen LogP contribution in [0.1, 0.15) is 27.7 Å². The van der Waals surface area contributed by atoms with Crippen molar-refractivity contribution in [3.63, 3.8) is 0 Å². The van der Waals surface area contributed by atoms with Gasteiger partial charge in [-0.25, -0.2) is 4.79 Å². The maximum atomic E-state index is 11.6. The number of aryl methyl sites for hydroxylation is 1. The Balaban J connectivity index is 2.11. The van der Waals surface area contributed by atoms with E-state index in [0.29, 0.717) is 17.8 Å². The predicted molar refractivity (Wildman–Crippen MR) is 80.4 cm³/mol. The lowest BCUT2D eigenvalue weighted by atomic mass is 10.1. The molecule has 6 heteroatoms. The van der Waals surface area contributed by atoms with Crippen LogP contribution in [0.5, 0.6) is 0 Å². The number of carboxylic acids is 1. The molecule has 1 aromatic carbocycles. The predicted octanol–water partition coefficient (Wildman–Crippen LogP) is 1.73. The number of carbonyl (C=O) groups excluding carboxylic acids is 1. The topological polar surface area (TPSA) is 80.6 Å². The van der Waals surface area contributed by atoms with Crippen LogP contribution in [-0.2, 0) is 23.1 Å². The second-order valence-corrected chi connectivity index (χ2v) is 4.90. The SMILES string of the molecule is COC(=O)c1cc(CN[C@@H](C(=O)O)c2ccccc2)cn1C. The first-order chi connectivity index (χ1) is 10.5. The number of benzene rings is 1. The number of hydrogen-bond donors (Lipinski definition) is 2. The molecule has 6 nitrogen and oxygen atoms in total. The summed E-state index contributed by atoms with van der Waals surface area (Å²) in [6.07, 6.45) is 1.77. The lowest BCUT2D eigenvalue weighted by Gasteiger charge is -2.14. The summed E-state index contributed by atoms with van der Waals surface area (Å²) in [5.74, 6) is -1.37. The lowest BCUT2D eigenvalue weighted by molar-refractivity contribution is -0.139. The summed E-state index contributed by atoms with van der Waals surface area (Å²) < 4.78 is 6.34. The van der Waals surface area contributed by atoms with Crippen molar-refractivity contribution in [1.82, 2.24) is 9.88 Å². The molecular formula is C16H18N2O4. The zero-order valence-corrected chi connectivity index (χ0v) is 12.4. The standard InChI is InChI=1S/C16H18N2O4/c1-18-10-11(8-13(18)16(21)22-2)9-17-14(15(19)20)12-6-4-3-5-7-12/h3-8,10,14,17H,9H2,1-2H3,(H,19,20)/t14-/m1/s1. The summed E-state index contributed by atoms with van der Waals surface area (Å²) in [5, 5.41) is 12.3. The van der Waals surface area contributed by atoms with Crippen molar-refractivity contribution in [3.8, 4) is 0 Å². The number of nitrogens with zero attached hydrogens (tertiary/aromatic N) is 1. The first kappa shape index (κ1) is 15.8. The third-order valence-electron chi connectivity index (χ3n) is 3.35. The zero-order valence-electron chi connectivity index (χ0n) is 12.4. The number of aliphatic carboxylic acids is 1. The fraction of sp³-hybridized carbons (Fsp3) is 0.250. The molecule has 0 fully saturated rings. The Bertz CT molecular complexity index is 664. The van der Waals surface area contributed by atoms with Gasteiger partial charge in [-0.1, -0.05) is 30.3 Å². The quantitative estimate of drug-likeness (QED) is 0.794. The van der Waals surface area contributed by atoms with Crippen LogP contribution < -0.4 is 5.32 Å². The summed E-state index contributed by atoms with van der Waals surface area (Å²) >= 11 is 0. The Kier molecular flexibility index (Phi) is 4.95. The van der Waals surface area contributed by atoms with Gasteiger partial charge in [-0.05, 0) is 17.2 Å². The van der Waals surface area contributed by atoms with E-state index in [2.05, 4.69) is 10.1 Å². The minimum absolute atomic E-state index is 0.330. The van der Waals surface area contributed by atoms with Gasteiger partial charge in [0.25, 0.3) is 0 Å². The minimum atomic E-state index is -0.949. The fourth-order valence-electron chi connectivity index (χ4n) is 2.25. The number of ether oxygens (including phenoxy) is 1. The highest BCUT2D eigenvalue weighted by Gasteiger charge is 2.19. The van der Waals surface area contributed by atoms with Crippen LogP contribution in [0, 0.1) is 0 Å². The van der Waals surface area contributed by atoms with Gasteiger partial charge < -0.3 is 14.4 Å². The molecule has 22 heavy (non-hydrogen) atoms. The van der Waals surface area contributed by atoms with Crippen LogP contribution in [0.15, 0.2) is 42.6 Å². The Hall–Kier alpha value is -2.60. The Morgan fingerprint density at radius 2 is 2.00 bits per heavy atom. The zero-order chi connectivity index (χ0) is 16.1. The number of nitrogens with one attached hydrogen (secondary N) is 1. The maximum absolute atomic E-state index is 11.6. The third kappa shape index (κ3) is 3.53. The molecule has 0 aliphatic heterocycles. The van der Waals surface area contributed by atoms with Gasteiger partial charge in [-0.2, -0.15) is 0 Å². The Morgan fingerprint density at radius 3 is 2.59 bits per heavy atom. The van der Waals surface area contributed by atoms with Crippen molar-refractivity contribution in [2.75, 3.05) is 7.11 Å². The van der Waals surface area contributed by atoms with Crippen molar-refractivity contribution >= 4 is 11.9 Å². The highest BCUT2D eigenvalue weighted by Crippen LogP contribution is 2.15. The van der Waals surface area contributed by atoms with E-state index in [1.165, 1.54) is 7.11 Å². The number of rotatable bonds is 6. The maximum Gasteiger partial charge on any atom is 0.354 e. The second kappa shape index (κ2) is 6.91. The molecule has 2 N–H and O–H groups in total. The van der Waals surface area contributed by atoms with Crippen molar-refractivity contribution < 1.29 is 19.4 Å². The van der Waals surface area contributed by atoms with Crippen molar-refractivity contribution in [2.24, 2.45) is 7.05 Å². The molecule has 2 rings (SSSR count). The van der Waals surface area contributed by atoms with Gasteiger partial charge in [-0.15, -0.1) is 0 Å². The van der Waals surface area contributed by atoms with E-state index in [1.54, 1.807) is 48.1 Å². The Labute approximate surface area is 128 Å². The summed E-state index contributed by atoms with van der Waals surface area (Å²) in [4.78, 5) is 23.0. The van der Waals surface area contributed by atoms with E-state index in [1.807, 2.05) is 6.07 Å². The molecule has 0 spiro atoms. The molecule has 0 aliphatic carbocycles. The van der Waals surface area contributed by atoms with Gasteiger partial charge in [-0.3, -0.25) is 10.1 Å². The van der Waals surface area contributed by atoms with Gasteiger partial charge in [0, 0.05) is 19.8 Å². The molecule has 1 aromatic heterocycles. The molecule has 1 atom stereocenters. The van der Waals surface area contributed by atoms with Gasteiger partial charge in [0.2, 0.25) is 0 Å². The lowest BCUT2D eigenvalue weighted by Crippen LogP contribution is -2.27. The molecule has 0 saturated heterocycles. The van der Waals surface area contributed by atoms with Gasteiger partial charge in [0.15, 0.2) is 0 Å². The second-order valence-electron chi connectivity index (χ2n) is 4.90. The van der Waals surface area contributed by atoms with Crippen molar-refractivity contribution in [1.29, 1.82) is 0 Å². The molecule has 0 radical (unpaired) electrons. The molecule has 0 saturated carbocycles. The molecule has 116 valence electrons. The number of esters is 1. The van der Waals surface area contributed by atoms with E-state index in [0.717, 1.165) is 5.56 Å². The van der Waals surface area contributed by atoms with Crippen molar-refractivity contribution in [3.05, 3.63) is 59.4 Å². The van der Waals surface area contributed by atoms with Crippen molar-refractivity contribution in [2.45, 2.75) is 12.6 Å². The van der Waals surface area contributed by atoms with Gasteiger partial charge >= 0.3 is 11.9 Å². The average molecular weight is 302 g/mol. The number of carboxylic acid groups (broad SMARTS) is 1. The van der Waals surface area contributed by atoms with Gasteiger partial charge in [0.1, 0.15) is 11.7 Å². The van der Waals surface area contributed by atoms with Crippen LogP contribution in [0.2, 0.25) is 0 Å². The smallest absolute Gasteiger partial charge is 0.354 e. The van der Waals surface area contributed by atoms with Gasteiger partial charge in [0.05, 0.1) is 7.11 Å². The minimum Gasteiger partial charge on any atom is -0.480 e. The molecule has 0 unspecified atom stereocenters. The van der Waals surface area contributed by atoms with Crippen LogP contribution >= 0.6 is 0 Å². The monoisotopic (exact) mass is 302 g/mol. The number of methoxy groups -OCH3 is 1. The molecular weight excluding hydrogens is 284 g/mol. The summed E-state index contributed by atoms with van der Waals surface area (Å²) in [5.41, 5.74) is 1.91. The average Bonchev–Trinajstić information content (AvgIpc) is 2.88. The summed E-state index contributed by atoms with van der Waals surface area (Å²) in [6, 6.07) is 9.83. The summed E-state index contributed by atoms with van der Waals surface area (Å²) in [6.45, 7) is 0.330. The number of aromatic nitrogens is 1. The van der Waals surface area contributed by atoms with E-state index in [4.69, 9.17) is 0 Å². The molecule has 0 amide bonds. The highest BCUT2D eigenvalue weighted by molar-refractivity contribution is 5.87. The van der Waals surface area contributed by atoms with E-state index < -0.39 is 18.0 Å². The largest absolute Gasteiger partial charge is 0.480 e.